The first-order valence-corrected chi connectivity index (χ1v) is 7.25. The second kappa shape index (κ2) is 6.45. The third kappa shape index (κ3) is 2.81. The maximum atomic E-state index is 11.6. The topological polar surface area (TPSA) is 73.6 Å². The number of rotatable bonds is 5. The summed E-state index contributed by atoms with van der Waals surface area (Å²) in [7, 11) is 3.08. The maximum Gasteiger partial charge on any atom is 0.339 e. The molecule has 2 aromatic carbocycles. The van der Waals surface area contributed by atoms with E-state index >= 15 is 0 Å². The van der Waals surface area contributed by atoms with Gasteiger partial charge in [0.2, 0.25) is 0 Å². The summed E-state index contributed by atoms with van der Waals surface area (Å²) >= 11 is 0. The molecule has 0 spiro atoms. The average Bonchev–Trinajstić information content (AvgIpc) is 3.07. The van der Waals surface area contributed by atoms with Crippen molar-refractivity contribution in [3.05, 3.63) is 60.3 Å². The molecule has 1 N–H and O–H groups in total. The molecule has 0 fully saturated rings. The van der Waals surface area contributed by atoms with Crippen molar-refractivity contribution in [2.75, 3.05) is 14.2 Å². The molecule has 1 heterocycles. The second-order valence-electron chi connectivity index (χ2n) is 5.04. The predicted molar refractivity (Wildman–Crippen MR) is 89.1 cm³/mol. The zero-order valence-electron chi connectivity index (χ0n) is 13.3. The van der Waals surface area contributed by atoms with Crippen molar-refractivity contribution in [3.63, 3.8) is 0 Å². The van der Waals surface area contributed by atoms with Gasteiger partial charge in [-0.15, -0.1) is 0 Å². The van der Waals surface area contributed by atoms with Gasteiger partial charge in [0.15, 0.2) is 0 Å². The standard InChI is InChI=1S/C18H16N2O4/c1-23-13-8-9-14(16(10-13)24-2)17-15(18(21)22)11-20(19-17)12-6-4-3-5-7-12/h3-11H,1-2H3,(H,21,22). The van der Waals surface area contributed by atoms with Crippen LogP contribution in [0.5, 0.6) is 11.5 Å². The number of aromatic carboxylic acids is 1. The van der Waals surface area contributed by atoms with Crippen LogP contribution in [0.15, 0.2) is 54.7 Å². The number of ether oxygens (including phenoxy) is 2. The number of benzene rings is 2. The number of hydrogen-bond acceptors (Lipinski definition) is 4. The van der Waals surface area contributed by atoms with E-state index in [1.807, 2.05) is 30.3 Å². The lowest BCUT2D eigenvalue weighted by atomic mass is 10.1. The van der Waals surface area contributed by atoms with Crippen molar-refractivity contribution in [1.82, 2.24) is 9.78 Å². The molecule has 0 saturated carbocycles. The monoisotopic (exact) mass is 324 g/mol. The van der Waals surface area contributed by atoms with Crippen molar-refractivity contribution in [2.45, 2.75) is 0 Å². The van der Waals surface area contributed by atoms with Gasteiger partial charge in [-0.1, -0.05) is 18.2 Å². The Bertz CT molecular complexity index is 872. The molecule has 0 bridgehead atoms. The number of carboxylic acid groups (broad SMARTS) is 1. The summed E-state index contributed by atoms with van der Waals surface area (Å²) in [5, 5.41) is 14.0. The molecule has 0 radical (unpaired) electrons. The molecule has 24 heavy (non-hydrogen) atoms. The quantitative estimate of drug-likeness (QED) is 0.780. The number of carboxylic acids is 1. The molecule has 0 aliphatic rings. The lowest BCUT2D eigenvalue weighted by Gasteiger charge is -2.09. The van der Waals surface area contributed by atoms with Crippen LogP contribution < -0.4 is 9.47 Å². The summed E-state index contributed by atoms with van der Waals surface area (Å²) < 4.78 is 12.1. The Labute approximate surface area is 138 Å². The van der Waals surface area contributed by atoms with Crippen LogP contribution in [0.25, 0.3) is 16.9 Å². The Morgan fingerprint density at radius 1 is 1.08 bits per heavy atom. The first-order chi connectivity index (χ1) is 11.6. The first kappa shape index (κ1) is 15.6. The molecule has 0 unspecified atom stereocenters. The molecule has 0 atom stereocenters. The van der Waals surface area contributed by atoms with E-state index in [4.69, 9.17) is 9.47 Å². The minimum atomic E-state index is -1.05. The Morgan fingerprint density at radius 3 is 2.46 bits per heavy atom. The van der Waals surface area contributed by atoms with Crippen molar-refractivity contribution in [1.29, 1.82) is 0 Å². The normalized spacial score (nSPS) is 10.4. The smallest absolute Gasteiger partial charge is 0.339 e. The molecule has 0 amide bonds. The van der Waals surface area contributed by atoms with Gasteiger partial charge in [0.05, 0.1) is 19.9 Å². The number of aromatic nitrogens is 2. The maximum absolute atomic E-state index is 11.6. The minimum Gasteiger partial charge on any atom is -0.497 e. The van der Waals surface area contributed by atoms with E-state index in [-0.39, 0.29) is 5.56 Å². The number of methoxy groups -OCH3 is 2. The molecule has 1 aromatic heterocycles. The lowest BCUT2D eigenvalue weighted by Crippen LogP contribution is -1.98. The van der Waals surface area contributed by atoms with E-state index in [1.165, 1.54) is 13.3 Å². The fourth-order valence-corrected chi connectivity index (χ4v) is 2.44. The molecule has 3 rings (SSSR count). The molecule has 6 nitrogen and oxygen atoms in total. The van der Waals surface area contributed by atoms with Crippen molar-refractivity contribution < 1.29 is 19.4 Å². The van der Waals surface area contributed by atoms with Crippen molar-refractivity contribution in [3.8, 4) is 28.4 Å². The molecule has 0 aliphatic carbocycles. The summed E-state index contributed by atoms with van der Waals surface area (Å²) in [6.07, 6.45) is 1.50. The summed E-state index contributed by atoms with van der Waals surface area (Å²) in [5.41, 5.74) is 1.80. The van der Waals surface area contributed by atoms with Crippen molar-refractivity contribution in [2.24, 2.45) is 0 Å². The number of carbonyl (C=O) groups is 1. The van der Waals surface area contributed by atoms with E-state index < -0.39 is 5.97 Å². The van der Waals surface area contributed by atoms with Gasteiger partial charge in [0.25, 0.3) is 0 Å². The van der Waals surface area contributed by atoms with Gasteiger partial charge in [-0.25, -0.2) is 9.48 Å². The Morgan fingerprint density at radius 2 is 1.83 bits per heavy atom. The SMILES string of the molecule is COc1ccc(-c2nn(-c3ccccc3)cc2C(=O)O)c(OC)c1. The largest absolute Gasteiger partial charge is 0.497 e. The van der Waals surface area contributed by atoms with Crippen LogP contribution in [0.3, 0.4) is 0 Å². The van der Waals surface area contributed by atoms with Gasteiger partial charge in [-0.3, -0.25) is 0 Å². The van der Waals surface area contributed by atoms with Crippen LogP contribution in [0, 0.1) is 0 Å². The van der Waals surface area contributed by atoms with E-state index in [2.05, 4.69) is 5.10 Å². The third-order valence-electron chi connectivity index (χ3n) is 3.63. The molecule has 6 heteroatoms. The highest BCUT2D eigenvalue weighted by Gasteiger charge is 2.21. The molecular formula is C18H16N2O4. The highest BCUT2D eigenvalue weighted by Crippen LogP contribution is 2.34. The summed E-state index contributed by atoms with van der Waals surface area (Å²) in [6, 6.07) is 14.5. The molecule has 0 saturated heterocycles. The molecular weight excluding hydrogens is 308 g/mol. The van der Waals surface area contributed by atoms with Crippen LogP contribution in [0.4, 0.5) is 0 Å². The van der Waals surface area contributed by atoms with Gasteiger partial charge >= 0.3 is 5.97 Å². The van der Waals surface area contributed by atoms with Gasteiger partial charge < -0.3 is 14.6 Å². The van der Waals surface area contributed by atoms with Crippen LogP contribution >= 0.6 is 0 Å². The van der Waals surface area contributed by atoms with Gasteiger partial charge in [0.1, 0.15) is 22.8 Å². The van der Waals surface area contributed by atoms with Crippen LogP contribution in [0.2, 0.25) is 0 Å². The zero-order chi connectivity index (χ0) is 17.1. The van der Waals surface area contributed by atoms with Crippen LogP contribution in [-0.2, 0) is 0 Å². The summed E-state index contributed by atoms with van der Waals surface area (Å²) in [5.74, 6) is 0.0650. The van der Waals surface area contributed by atoms with Gasteiger partial charge in [-0.05, 0) is 24.3 Å². The molecule has 0 aliphatic heterocycles. The zero-order valence-corrected chi connectivity index (χ0v) is 13.3. The lowest BCUT2D eigenvalue weighted by molar-refractivity contribution is 0.0697. The summed E-state index contributed by atoms with van der Waals surface area (Å²) in [6.45, 7) is 0. The fourth-order valence-electron chi connectivity index (χ4n) is 2.44. The number of nitrogens with zero attached hydrogens (tertiary/aromatic N) is 2. The van der Waals surface area contributed by atoms with Crippen LogP contribution in [-0.4, -0.2) is 35.1 Å². The van der Waals surface area contributed by atoms with E-state index in [0.29, 0.717) is 22.8 Å². The van der Waals surface area contributed by atoms with E-state index in [1.54, 1.807) is 30.0 Å². The number of hydrogen-bond donors (Lipinski definition) is 1. The Hall–Kier alpha value is -3.28. The Balaban J connectivity index is 2.17. The first-order valence-electron chi connectivity index (χ1n) is 7.25. The van der Waals surface area contributed by atoms with Crippen molar-refractivity contribution >= 4 is 5.97 Å². The van der Waals surface area contributed by atoms with Gasteiger partial charge in [-0.2, -0.15) is 5.10 Å². The second-order valence-corrected chi connectivity index (χ2v) is 5.04. The fraction of sp³-hybridized carbons (Fsp3) is 0.111. The van der Waals surface area contributed by atoms with E-state index in [9.17, 15) is 9.90 Å². The van der Waals surface area contributed by atoms with Gasteiger partial charge in [0, 0.05) is 17.8 Å². The Kier molecular flexibility index (Phi) is 4.20. The average molecular weight is 324 g/mol. The van der Waals surface area contributed by atoms with Crippen LogP contribution in [0.1, 0.15) is 10.4 Å². The highest BCUT2D eigenvalue weighted by atomic mass is 16.5. The minimum absolute atomic E-state index is 0.0994. The molecule has 122 valence electrons. The summed E-state index contributed by atoms with van der Waals surface area (Å²) in [4.78, 5) is 11.6. The molecule has 3 aromatic rings. The third-order valence-corrected chi connectivity index (χ3v) is 3.63. The van der Waals surface area contributed by atoms with E-state index in [0.717, 1.165) is 5.69 Å². The number of para-hydroxylation sites is 1. The highest BCUT2D eigenvalue weighted by molar-refractivity contribution is 5.95. The predicted octanol–water partition coefficient (Wildman–Crippen LogP) is 3.25.